The molecule has 14 heteroatoms. The van der Waals surface area contributed by atoms with Crippen molar-refractivity contribution in [1.29, 1.82) is 0 Å². The second kappa shape index (κ2) is 14.9. The summed E-state index contributed by atoms with van der Waals surface area (Å²) >= 11 is 0. The van der Waals surface area contributed by atoms with E-state index in [2.05, 4.69) is 25.9 Å². The summed E-state index contributed by atoms with van der Waals surface area (Å²) in [6, 6.07) is 3.16. The van der Waals surface area contributed by atoms with Crippen molar-refractivity contribution >= 4 is 12.2 Å². The Balaban J connectivity index is 0.00000170. The number of aryl methyl sites for hydroxylation is 1. The van der Waals surface area contributed by atoms with Gasteiger partial charge in [-0.1, -0.05) is 5.21 Å². The average Bonchev–Trinajstić information content (AvgIpc) is 3.27. The van der Waals surface area contributed by atoms with E-state index in [9.17, 15) is 22.8 Å². The standard InChI is InChI=1S/C23H28F3N7O3.C2H7N/c1-14-6-19(36-20-9-23(25,26)10-20)7-17(29-14)8-22(35)30-21(28)5-4-16(27)3-2-15(24)11-33-12-18(13-34)31-32-33;1-3-2/h4-7,12-13,15,20H,2-3,8-11,27-28H2,1H3,(H,30,35);3H,1-2H3/b16-4-,21-5+;. The second-order valence-corrected chi connectivity index (χ2v) is 9.15. The van der Waals surface area contributed by atoms with Gasteiger partial charge in [0.05, 0.1) is 24.9 Å². The molecule has 0 aliphatic heterocycles. The Kier molecular flexibility index (Phi) is 11.9. The van der Waals surface area contributed by atoms with Gasteiger partial charge in [-0.15, -0.1) is 5.10 Å². The highest BCUT2D eigenvalue weighted by Crippen LogP contribution is 2.39. The van der Waals surface area contributed by atoms with Gasteiger partial charge in [-0.3, -0.25) is 14.6 Å². The van der Waals surface area contributed by atoms with Gasteiger partial charge >= 0.3 is 0 Å². The van der Waals surface area contributed by atoms with E-state index in [4.69, 9.17) is 16.2 Å². The SMILES string of the molecule is CNC.Cc1cc(OC2CC(F)(F)C2)cc(CC(=O)N/C(N)=C/C=C(\N)CCC(F)Cn2cc(C=O)nn2)n1. The number of nitrogens with zero attached hydrogens (tertiary/aromatic N) is 4. The third-order valence-electron chi connectivity index (χ3n) is 5.25. The fraction of sp³-hybridized carbons (Fsp3) is 0.480. The van der Waals surface area contributed by atoms with Gasteiger partial charge in [0.1, 0.15) is 29.5 Å². The predicted molar refractivity (Wildman–Crippen MR) is 138 cm³/mol. The largest absolute Gasteiger partial charge is 0.490 e. The number of carbonyl (C=O) groups excluding carboxylic acids is 2. The first kappa shape index (κ1) is 31.3. The average molecular weight is 553 g/mol. The number of pyridine rings is 1. The third-order valence-corrected chi connectivity index (χ3v) is 5.25. The van der Waals surface area contributed by atoms with Crippen molar-refractivity contribution in [3.63, 3.8) is 0 Å². The van der Waals surface area contributed by atoms with Crippen LogP contribution in [0.4, 0.5) is 13.2 Å². The normalized spacial score (nSPS) is 15.9. The van der Waals surface area contributed by atoms with Crippen molar-refractivity contribution in [3.05, 3.63) is 59.1 Å². The van der Waals surface area contributed by atoms with Crippen LogP contribution in [-0.4, -0.2) is 64.5 Å². The van der Waals surface area contributed by atoms with Gasteiger partial charge < -0.3 is 26.8 Å². The fourth-order valence-electron chi connectivity index (χ4n) is 3.51. The van der Waals surface area contributed by atoms with Gasteiger partial charge in [-0.2, -0.15) is 0 Å². The van der Waals surface area contributed by atoms with Crippen molar-refractivity contribution in [2.75, 3.05) is 14.1 Å². The molecule has 3 rings (SSSR count). The molecule has 1 aliphatic rings. The van der Waals surface area contributed by atoms with Gasteiger partial charge in [0.25, 0.3) is 5.92 Å². The fourth-order valence-corrected chi connectivity index (χ4v) is 3.51. The molecule has 2 aromatic rings. The molecule has 39 heavy (non-hydrogen) atoms. The van der Waals surface area contributed by atoms with Crippen molar-refractivity contribution in [3.8, 4) is 5.75 Å². The van der Waals surface area contributed by atoms with Gasteiger partial charge in [0, 0.05) is 36.4 Å². The minimum atomic E-state index is -2.69. The van der Waals surface area contributed by atoms with E-state index in [0.717, 1.165) is 0 Å². The van der Waals surface area contributed by atoms with Crippen LogP contribution >= 0.6 is 0 Å². The van der Waals surface area contributed by atoms with Crippen molar-refractivity contribution in [2.45, 2.75) is 63.8 Å². The summed E-state index contributed by atoms with van der Waals surface area (Å²) in [6.45, 7) is 1.65. The first-order valence-corrected chi connectivity index (χ1v) is 12.2. The van der Waals surface area contributed by atoms with Crippen LogP contribution in [0, 0.1) is 6.92 Å². The minimum absolute atomic E-state index is 0.0320. The number of nitrogens with one attached hydrogen (secondary N) is 2. The van der Waals surface area contributed by atoms with Crippen LogP contribution in [-0.2, 0) is 17.8 Å². The Morgan fingerprint density at radius 3 is 2.59 bits per heavy atom. The van der Waals surface area contributed by atoms with Crippen LogP contribution < -0.4 is 26.8 Å². The molecule has 214 valence electrons. The zero-order chi connectivity index (χ0) is 29.0. The number of carbonyl (C=O) groups is 2. The summed E-state index contributed by atoms with van der Waals surface area (Å²) in [5, 5.41) is 12.5. The molecule has 1 saturated carbocycles. The summed E-state index contributed by atoms with van der Waals surface area (Å²) in [5.41, 5.74) is 13.2. The zero-order valence-electron chi connectivity index (χ0n) is 22.2. The van der Waals surface area contributed by atoms with Crippen molar-refractivity contribution in [2.24, 2.45) is 11.5 Å². The van der Waals surface area contributed by atoms with Crippen LogP contribution in [0.3, 0.4) is 0 Å². The Labute approximate surface area is 224 Å². The maximum absolute atomic E-state index is 14.1. The number of hydrogen-bond acceptors (Lipinski definition) is 9. The summed E-state index contributed by atoms with van der Waals surface area (Å²) in [7, 11) is 3.75. The number of hydrogen-bond donors (Lipinski definition) is 4. The summed E-state index contributed by atoms with van der Waals surface area (Å²) < 4.78 is 47.0. The van der Waals surface area contributed by atoms with Gasteiger partial charge in [-0.25, -0.2) is 17.9 Å². The zero-order valence-corrected chi connectivity index (χ0v) is 22.2. The van der Waals surface area contributed by atoms with Crippen molar-refractivity contribution in [1.82, 2.24) is 30.6 Å². The smallest absolute Gasteiger partial charge is 0.255 e. The number of aldehydes is 1. The second-order valence-electron chi connectivity index (χ2n) is 9.15. The number of amides is 1. The quantitative estimate of drug-likeness (QED) is 0.228. The van der Waals surface area contributed by atoms with Crippen LogP contribution in [0.5, 0.6) is 5.75 Å². The third kappa shape index (κ3) is 11.5. The number of aromatic nitrogens is 4. The van der Waals surface area contributed by atoms with E-state index in [-0.39, 0.29) is 50.2 Å². The van der Waals surface area contributed by atoms with Crippen LogP contribution in [0.2, 0.25) is 0 Å². The van der Waals surface area contributed by atoms with Gasteiger partial charge in [0.15, 0.2) is 6.29 Å². The Bertz CT molecular complexity index is 1160. The first-order chi connectivity index (χ1) is 18.4. The van der Waals surface area contributed by atoms with Gasteiger partial charge in [-0.05, 0) is 46.0 Å². The Hall–Kier alpha value is -3.94. The molecule has 11 nitrogen and oxygen atoms in total. The van der Waals surface area contributed by atoms with E-state index in [1.54, 1.807) is 13.0 Å². The Morgan fingerprint density at radius 2 is 1.97 bits per heavy atom. The van der Waals surface area contributed by atoms with E-state index < -0.39 is 24.1 Å². The number of alkyl halides is 3. The molecule has 0 spiro atoms. The van der Waals surface area contributed by atoms with E-state index in [1.165, 1.54) is 29.1 Å². The topological polar surface area (TPSA) is 163 Å². The van der Waals surface area contributed by atoms with Crippen LogP contribution in [0.1, 0.15) is 47.6 Å². The van der Waals surface area contributed by atoms with Gasteiger partial charge in [0.2, 0.25) is 5.91 Å². The molecular weight excluding hydrogens is 517 g/mol. The molecule has 0 saturated heterocycles. The maximum Gasteiger partial charge on any atom is 0.255 e. The molecule has 0 radical (unpaired) electrons. The highest BCUT2D eigenvalue weighted by atomic mass is 19.3. The molecule has 0 bridgehead atoms. The molecule has 1 amide bonds. The number of halogens is 3. The van der Waals surface area contributed by atoms with Crippen molar-refractivity contribution < 1.29 is 27.5 Å². The predicted octanol–water partition coefficient (Wildman–Crippen LogP) is 1.93. The minimum Gasteiger partial charge on any atom is -0.490 e. The molecule has 1 atom stereocenters. The summed E-state index contributed by atoms with van der Waals surface area (Å²) in [6.07, 6.45) is 2.48. The lowest BCUT2D eigenvalue weighted by Gasteiger charge is -2.34. The number of rotatable bonds is 12. The number of nitrogens with two attached hydrogens (primary N) is 2. The number of allylic oxidation sites excluding steroid dienone is 3. The first-order valence-electron chi connectivity index (χ1n) is 12.2. The van der Waals surface area contributed by atoms with E-state index in [0.29, 0.717) is 29.1 Å². The monoisotopic (exact) mass is 552 g/mol. The lowest BCUT2D eigenvalue weighted by molar-refractivity contribution is -0.134. The molecule has 2 heterocycles. The number of ether oxygens (including phenoxy) is 1. The highest BCUT2D eigenvalue weighted by Gasteiger charge is 2.47. The molecule has 1 unspecified atom stereocenters. The Morgan fingerprint density at radius 1 is 1.28 bits per heavy atom. The molecule has 0 aromatic carbocycles. The molecule has 1 fully saturated rings. The van der Waals surface area contributed by atoms with Crippen LogP contribution in [0.15, 0.2) is 42.0 Å². The summed E-state index contributed by atoms with van der Waals surface area (Å²) in [4.78, 5) is 27.2. The van der Waals surface area contributed by atoms with E-state index >= 15 is 0 Å². The highest BCUT2D eigenvalue weighted by molar-refractivity contribution is 5.79. The molecular formula is C25H35F3N8O3. The van der Waals surface area contributed by atoms with Crippen LogP contribution in [0.25, 0.3) is 0 Å². The van der Waals surface area contributed by atoms with E-state index in [1.807, 2.05) is 14.1 Å². The lowest BCUT2D eigenvalue weighted by Crippen LogP contribution is -2.43. The molecule has 6 N–H and O–H groups in total. The molecule has 2 aromatic heterocycles. The lowest BCUT2D eigenvalue weighted by atomic mass is 9.91. The molecule has 1 aliphatic carbocycles. The maximum atomic E-state index is 14.1. The summed E-state index contributed by atoms with van der Waals surface area (Å²) in [5.74, 6) is -2.72.